The first-order chi connectivity index (χ1) is 8.66. The molecular formula is C12H16BNO4. The van der Waals surface area contributed by atoms with E-state index in [0.29, 0.717) is 13.2 Å². The van der Waals surface area contributed by atoms with Crippen LogP contribution in [0.25, 0.3) is 0 Å². The van der Waals surface area contributed by atoms with Gasteiger partial charge >= 0.3 is 13.1 Å². The number of hydrogen-bond donors (Lipinski definition) is 1. The highest BCUT2D eigenvalue weighted by molar-refractivity contribution is 6.61. The minimum atomic E-state index is -0.942. The van der Waals surface area contributed by atoms with Crippen molar-refractivity contribution in [3.8, 4) is 0 Å². The monoisotopic (exact) mass is 249 g/mol. The SMILES string of the molecule is CN1CCOB(c2cccc(C(=O)O)c2)OCC1. The average molecular weight is 249 g/mol. The summed E-state index contributed by atoms with van der Waals surface area (Å²) in [6, 6.07) is 6.68. The van der Waals surface area contributed by atoms with E-state index in [4.69, 9.17) is 14.4 Å². The first-order valence-corrected chi connectivity index (χ1v) is 5.92. The molecule has 1 fully saturated rings. The standard InChI is InChI=1S/C12H16BNO4/c1-14-5-7-17-13(18-8-6-14)11-4-2-3-10(9-11)12(15)16/h2-4,9H,5-8H2,1H3,(H,15,16). The van der Waals surface area contributed by atoms with Crippen LogP contribution in [0, 0.1) is 0 Å². The van der Waals surface area contributed by atoms with Gasteiger partial charge in [-0.15, -0.1) is 0 Å². The van der Waals surface area contributed by atoms with E-state index in [0.717, 1.165) is 18.6 Å². The molecule has 18 heavy (non-hydrogen) atoms. The van der Waals surface area contributed by atoms with Crippen molar-refractivity contribution >= 4 is 18.6 Å². The van der Waals surface area contributed by atoms with Crippen LogP contribution in [-0.2, 0) is 9.31 Å². The van der Waals surface area contributed by atoms with Gasteiger partial charge in [0, 0.05) is 26.3 Å². The van der Waals surface area contributed by atoms with E-state index in [1.165, 1.54) is 0 Å². The third-order valence-electron chi connectivity index (χ3n) is 2.89. The molecule has 0 bridgehead atoms. The average Bonchev–Trinajstić information content (AvgIpc) is 2.34. The van der Waals surface area contributed by atoms with Crippen molar-refractivity contribution in [1.82, 2.24) is 4.90 Å². The number of aromatic carboxylic acids is 1. The third-order valence-corrected chi connectivity index (χ3v) is 2.89. The zero-order valence-corrected chi connectivity index (χ0v) is 10.3. The number of hydrogen-bond acceptors (Lipinski definition) is 4. The quantitative estimate of drug-likeness (QED) is 0.751. The summed E-state index contributed by atoms with van der Waals surface area (Å²) in [5.41, 5.74) is 0.998. The highest BCUT2D eigenvalue weighted by atomic mass is 16.6. The lowest BCUT2D eigenvalue weighted by atomic mass is 9.78. The van der Waals surface area contributed by atoms with Crippen molar-refractivity contribution in [2.75, 3.05) is 33.4 Å². The number of carbonyl (C=O) groups is 1. The van der Waals surface area contributed by atoms with E-state index in [1.807, 2.05) is 13.1 Å². The summed E-state index contributed by atoms with van der Waals surface area (Å²) in [6.07, 6.45) is 0. The van der Waals surface area contributed by atoms with Crippen molar-refractivity contribution in [2.45, 2.75) is 0 Å². The molecule has 0 amide bonds. The number of nitrogens with zero attached hydrogens (tertiary/aromatic N) is 1. The number of benzene rings is 1. The molecule has 1 saturated heterocycles. The van der Waals surface area contributed by atoms with E-state index in [1.54, 1.807) is 18.2 Å². The zero-order valence-electron chi connectivity index (χ0n) is 10.3. The largest absolute Gasteiger partial charge is 0.493 e. The topological polar surface area (TPSA) is 59.0 Å². The highest BCUT2D eigenvalue weighted by Crippen LogP contribution is 2.02. The summed E-state index contributed by atoms with van der Waals surface area (Å²) >= 11 is 0. The molecule has 1 aromatic rings. The van der Waals surface area contributed by atoms with Gasteiger partial charge in [-0.3, -0.25) is 0 Å². The Morgan fingerprint density at radius 2 is 2.00 bits per heavy atom. The highest BCUT2D eigenvalue weighted by Gasteiger charge is 2.24. The van der Waals surface area contributed by atoms with Gasteiger partial charge in [-0.25, -0.2) is 4.79 Å². The van der Waals surface area contributed by atoms with Gasteiger partial charge in [0.15, 0.2) is 0 Å². The van der Waals surface area contributed by atoms with Crippen LogP contribution in [0.1, 0.15) is 10.4 Å². The first kappa shape index (κ1) is 13.1. The van der Waals surface area contributed by atoms with Crippen LogP contribution in [0.15, 0.2) is 24.3 Å². The van der Waals surface area contributed by atoms with Crippen LogP contribution < -0.4 is 5.46 Å². The molecule has 1 heterocycles. The second-order valence-electron chi connectivity index (χ2n) is 4.31. The van der Waals surface area contributed by atoms with Gasteiger partial charge in [-0.1, -0.05) is 12.1 Å². The summed E-state index contributed by atoms with van der Waals surface area (Å²) in [5, 5.41) is 8.95. The van der Waals surface area contributed by atoms with Gasteiger partial charge < -0.3 is 19.3 Å². The zero-order chi connectivity index (χ0) is 13.0. The lowest BCUT2D eigenvalue weighted by Crippen LogP contribution is -2.43. The van der Waals surface area contributed by atoms with Gasteiger partial charge in [0.1, 0.15) is 0 Å². The van der Waals surface area contributed by atoms with Crippen LogP contribution in [0.3, 0.4) is 0 Å². The molecule has 0 spiro atoms. The Morgan fingerprint density at radius 1 is 1.33 bits per heavy atom. The van der Waals surface area contributed by atoms with Crippen molar-refractivity contribution in [3.05, 3.63) is 29.8 Å². The molecule has 1 aromatic carbocycles. The van der Waals surface area contributed by atoms with Crippen LogP contribution in [0.2, 0.25) is 0 Å². The fraction of sp³-hybridized carbons (Fsp3) is 0.417. The Bertz CT molecular complexity index is 416. The summed E-state index contributed by atoms with van der Waals surface area (Å²) in [4.78, 5) is 13.0. The Kier molecular flexibility index (Phi) is 4.35. The Labute approximate surface area is 106 Å². The number of likely N-dealkylation sites (N-methyl/N-ethyl adjacent to an activating group) is 1. The molecule has 96 valence electrons. The van der Waals surface area contributed by atoms with Crippen molar-refractivity contribution < 1.29 is 19.2 Å². The molecule has 0 atom stereocenters. The molecule has 5 nitrogen and oxygen atoms in total. The molecular weight excluding hydrogens is 233 g/mol. The van der Waals surface area contributed by atoms with Gasteiger partial charge in [0.05, 0.1) is 5.56 Å². The van der Waals surface area contributed by atoms with Crippen LogP contribution in [0.5, 0.6) is 0 Å². The summed E-state index contributed by atoms with van der Waals surface area (Å²) in [5.74, 6) is -0.942. The summed E-state index contributed by atoms with van der Waals surface area (Å²) < 4.78 is 11.2. The lowest BCUT2D eigenvalue weighted by molar-refractivity contribution is 0.0697. The minimum Gasteiger partial charge on any atom is -0.478 e. The minimum absolute atomic E-state index is 0.249. The molecule has 6 heteroatoms. The Morgan fingerprint density at radius 3 is 2.61 bits per heavy atom. The fourth-order valence-electron chi connectivity index (χ4n) is 1.80. The Balaban J connectivity index is 2.10. The molecule has 1 aliphatic rings. The molecule has 0 unspecified atom stereocenters. The van der Waals surface area contributed by atoms with Gasteiger partial charge in [-0.05, 0) is 24.6 Å². The van der Waals surface area contributed by atoms with Gasteiger partial charge in [0.2, 0.25) is 0 Å². The maximum atomic E-state index is 10.9. The third kappa shape index (κ3) is 3.32. The molecule has 2 rings (SSSR count). The fourth-order valence-corrected chi connectivity index (χ4v) is 1.80. The molecule has 0 aliphatic carbocycles. The van der Waals surface area contributed by atoms with E-state index >= 15 is 0 Å². The normalized spacial score (nSPS) is 18.2. The van der Waals surface area contributed by atoms with Crippen LogP contribution >= 0.6 is 0 Å². The van der Waals surface area contributed by atoms with E-state index in [-0.39, 0.29) is 5.56 Å². The molecule has 0 radical (unpaired) electrons. The van der Waals surface area contributed by atoms with Gasteiger partial charge in [-0.2, -0.15) is 0 Å². The smallest absolute Gasteiger partial charge is 0.478 e. The predicted octanol–water partition coefficient (Wildman–Crippen LogP) is 0.0586. The second-order valence-corrected chi connectivity index (χ2v) is 4.31. The lowest BCUT2D eigenvalue weighted by Gasteiger charge is -2.24. The van der Waals surface area contributed by atoms with E-state index in [9.17, 15) is 4.79 Å². The number of carboxylic acid groups (broad SMARTS) is 1. The number of rotatable bonds is 2. The molecule has 1 N–H and O–H groups in total. The summed E-state index contributed by atoms with van der Waals surface area (Å²) in [7, 11) is 1.54. The molecule has 0 saturated carbocycles. The van der Waals surface area contributed by atoms with Crippen LogP contribution in [-0.4, -0.2) is 56.4 Å². The second kappa shape index (κ2) is 5.99. The van der Waals surface area contributed by atoms with Gasteiger partial charge in [0.25, 0.3) is 0 Å². The maximum Gasteiger partial charge on any atom is 0.493 e. The van der Waals surface area contributed by atoms with E-state index in [2.05, 4.69) is 4.90 Å². The van der Waals surface area contributed by atoms with Crippen molar-refractivity contribution in [2.24, 2.45) is 0 Å². The molecule has 1 aliphatic heterocycles. The predicted molar refractivity (Wildman–Crippen MR) is 68.2 cm³/mol. The van der Waals surface area contributed by atoms with E-state index < -0.39 is 13.1 Å². The van der Waals surface area contributed by atoms with Crippen molar-refractivity contribution in [3.63, 3.8) is 0 Å². The number of carboxylic acids is 1. The van der Waals surface area contributed by atoms with Crippen LogP contribution in [0.4, 0.5) is 0 Å². The summed E-state index contributed by atoms with van der Waals surface area (Å²) in [6.45, 7) is 2.83. The Hall–Kier alpha value is -1.37. The van der Waals surface area contributed by atoms with Crippen molar-refractivity contribution in [1.29, 1.82) is 0 Å². The first-order valence-electron chi connectivity index (χ1n) is 5.92. The maximum absolute atomic E-state index is 10.9. The molecule has 0 aromatic heterocycles.